The molecule has 1 fully saturated rings. The number of likely N-dealkylation sites (tertiary alicyclic amines) is 1. The van der Waals surface area contributed by atoms with Gasteiger partial charge in [0.2, 0.25) is 0 Å². The number of halogens is 3. The standard InChI is InChI=1S/C27H29F3N2O5/c1-6-14-31-22(33)18-8-7-9-20(15-18)26(35,19-10-12-21(13-11-19)36-27(28,29)30)25(5)16-32(17-25)23(34)37-24(2,3)4/h1,7-13,15,35H,14,16-17H2,2-5H3,(H,31,33)/t26-/m0/s1. The number of ether oxygens (including phenoxy) is 2. The molecule has 0 aliphatic carbocycles. The van der Waals surface area contributed by atoms with E-state index in [1.165, 1.54) is 23.1 Å². The van der Waals surface area contributed by atoms with Crippen LogP contribution in [-0.4, -0.2) is 53.6 Å². The molecule has 3 rings (SSSR count). The minimum Gasteiger partial charge on any atom is -0.444 e. The van der Waals surface area contributed by atoms with Gasteiger partial charge in [0.1, 0.15) is 17.0 Å². The molecule has 1 aliphatic heterocycles. The van der Waals surface area contributed by atoms with E-state index >= 15 is 0 Å². The number of rotatable bonds is 6. The Morgan fingerprint density at radius 1 is 1.11 bits per heavy atom. The quantitative estimate of drug-likeness (QED) is 0.552. The highest BCUT2D eigenvalue weighted by Gasteiger charge is 2.58. The van der Waals surface area contributed by atoms with Crippen LogP contribution in [0.1, 0.15) is 49.2 Å². The number of carbonyl (C=O) groups excluding carboxylic acids is 2. The van der Waals surface area contributed by atoms with Crippen molar-refractivity contribution in [2.24, 2.45) is 5.41 Å². The van der Waals surface area contributed by atoms with E-state index in [9.17, 15) is 27.9 Å². The third kappa shape index (κ3) is 6.17. The molecule has 1 saturated heterocycles. The molecule has 2 aromatic rings. The van der Waals surface area contributed by atoms with Gasteiger partial charge in [0.05, 0.1) is 6.54 Å². The molecule has 0 saturated carbocycles. The molecule has 0 spiro atoms. The third-order valence-corrected chi connectivity index (χ3v) is 6.00. The van der Waals surface area contributed by atoms with Gasteiger partial charge in [0.15, 0.2) is 0 Å². The monoisotopic (exact) mass is 518 g/mol. The Kier molecular flexibility index (Phi) is 7.52. The first-order valence-corrected chi connectivity index (χ1v) is 11.5. The first-order valence-electron chi connectivity index (χ1n) is 11.5. The first kappa shape index (κ1) is 27.9. The summed E-state index contributed by atoms with van der Waals surface area (Å²) in [7, 11) is 0. The van der Waals surface area contributed by atoms with Crippen LogP contribution in [0, 0.1) is 17.8 Å². The fourth-order valence-electron chi connectivity index (χ4n) is 4.36. The summed E-state index contributed by atoms with van der Waals surface area (Å²) in [6.07, 6.45) is -0.210. The van der Waals surface area contributed by atoms with Crippen LogP contribution in [0.15, 0.2) is 48.5 Å². The summed E-state index contributed by atoms with van der Waals surface area (Å²) in [5.74, 6) is 1.41. The van der Waals surface area contributed by atoms with Gasteiger partial charge in [-0.15, -0.1) is 19.6 Å². The van der Waals surface area contributed by atoms with Crippen LogP contribution in [0.25, 0.3) is 0 Å². The maximum absolute atomic E-state index is 12.7. The van der Waals surface area contributed by atoms with Crippen LogP contribution < -0.4 is 10.1 Å². The van der Waals surface area contributed by atoms with Crippen molar-refractivity contribution in [2.45, 2.75) is 45.3 Å². The lowest BCUT2D eigenvalue weighted by atomic mass is 9.62. The van der Waals surface area contributed by atoms with E-state index in [4.69, 9.17) is 11.2 Å². The molecule has 0 aromatic heterocycles. The third-order valence-electron chi connectivity index (χ3n) is 6.00. The van der Waals surface area contributed by atoms with Crippen molar-refractivity contribution in [3.8, 4) is 18.1 Å². The van der Waals surface area contributed by atoms with Gasteiger partial charge < -0.3 is 24.8 Å². The Morgan fingerprint density at radius 3 is 2.27 bits per heavy atom. The highest BCUT2D eigenvalue weighted by atomic mass is 19.4. The molecule has 10 heteroatoms. The summed E-state index contributed by atoms with van der Waals surface area (Å²) in [6, 6.07) is 11.1. The molecule has 2 amide bonds. The molecular formula is C27H29F3N2O5. The van der Waals surface area contributed by atoms with Crippen molar-refractivity contribution in [1.82, 2.24) is 10.2 Å². The fraction of sp³-hybridized carbons (Fsp3) is 0.407. The fourth-order valence-corrected chi connectivity index (χ4v) is 4.36. The molecule has 0 bridgehead atoms. The van der Waals surface area contributed by atoms with Crippen molar-refractivity contribution in [2.75, 3.05) is 19.6 Å². The van der Waals surface area contributed by atoms with E-state index < -0.39 is 40.7 Å². The van der Waals surface area contributed by atoms with E-state index in [1.54, 1.807) is 45.9 Å². The van der Waals surface area contributed by atoms with Crippen molar-refractivity contribution in [1.29, 1.82) is 0 Å². The van der Waals surface area contributed by atoms with Crippen molar-refractivity contribution in [3.05, 3.63) is 65.2 Å². The lowest BCUT2D eigenvalue weighted by Crippen LogP contribution is -2.66. The highest BCUT2D eigenvalue weighted by molar-refractivity contribution is 5.94. The van der Waals surface area contributed by atoms with E-state index in [0.717, 1.165) is 12.1 Å². The van der Waals surface area contributed by atoms with Gasteiger partial charge in [0, 0.05) is 24.1 Å². The minimum atomic E-state index is -4.87. The summed E-state index contributed by atoms with van der Waals surface area (Å²) in [5.41, 5.74) is -2.69. The predicted molar refractivity (Wildman–Crippen MR) is 130 cm³/mol. The smallest absolute Gasteiger partial charge is 0.444 e. The average Bonchev–Trinajstić information content (AvgIpc) is 2.78. The van der Waals surface area contributed by atoms with Crippen LogP contribution in [0.4, 0.5) is 18.0 Å². The minimum absolute atomic E-state index is 0.0105. The summed E-state index contributed by atoms with van der Waals surface area (Å²) in [5, 5.41) is 14.8. The summed E-state index contributed by atoms with van der Waals surface area (Å²) in [4.78, 5) is 26.5. The van der Waals surface area contributed by atoms with Gasteiger partial charge in [-0.3, -0.25) is 4.79 Å². The van der Waals surface area contributed by atoms with Gasteiger partial charge in [-0.05, 0) is 56.2 Å². The molecule has 37 heavy (non-hydrogen) atoms. The maximum Gasteiger partial charge on any atom is 0.573 e. The molecule has 1 aliphatic rings. The summed E-state index contributed by atoms with van der Waals surface area (Å²) < 4.78 is 47.4. The Balaban J connectivity index is 2.02. The van der Waals surface area contributed by atoms with Gasteiger partial charge in [-0.1, -0.05) is 37.1 Å². The Hall–Kier alpha value is -3.71. The molecule has 0 unspecified atom stereocenters. The summed E-state index contributed by atoms with van der Waals surface area (Å²) >= 11 is 0. The Bertz CT molecular complexity index is 1190. The van der Waals surface area contributed by atoms with Gasteiger partial charge in [-0.2, -0.15) is 0 Å². The number of carbonyl (C=O) groups is 2. The molecule has 198 valence electrons. The number of benzene rings is 2. The number of aliphatic hydroxyl groups is 1. The zero-order valence-electron chi connectivity index (χ0n) is 21.0. The van der Waals surface area contributed by atoms with Gasteiger partial charge >= 0.3 is 12.5 Å². The van der Waals surface area contributed by atoms with Crippen molar-refractivity contribution < 1.29 is 37.3 Å². The number of terminal acetylenes is 1. The molecule has 7 nitrogen and oxygen atoms in total. The average molecular weight is 519 g/mol. The van der Waals surface area contributed by atoms with E-state index in [-0.39, 0.29) is 30.8 Å². The zero-order chi connectivity index (χ0) is 27.6. The maximum atomic E-state index is 12.7. The number of amides is 2. The first-order chi connectivity index (χ1) is 17.1. The second-order valence-corrected chi connectivity index (χ2v) is 10.1. The zero-order valence-corrected chi connectivity index (χ0v) is 21.0. The van der Waals surface area contributed by atoms with E-state index in [2.05, 4.69) is 16.0 Å². The SMILES string of the molecule is C#CCNC(=O)c1cccc([C@@](O)(c2ccc(OC(F)(F)F)cc2)C2(C)CN(C(=O)OC(C)(C)C)C2)c1. The number of hydrogen-bond donors (Lipinski definition) is 2. The molecule has 1 atom stereocenters. The van der Waals surface area contributed by atoms with Crippen LogP contribution in [0.3, 0.4) is 0 Å². The largest absolute Gasteiger partial charge is 0.573 e. The Morgan fingerprint density at radius 2 is 1.73 bits per heavy atom. The van der Waals surface area contributed by atoms with Crippen molar-refractivity contribution >= 4 is 12.0 Å². The molecule has 2 N–H and O–H groups in total. The van der Waals surface area contributed by atoms with Gasteiger partial charge in [-0.25, -0.2) is 4.79 Å². The van der Waals surface area contributed by atoms with Crippen LogP contribution >= 0.6 is 0 Å². The highest BCUT2D eigenvalue weighted by Crippen LogP contribution is 2.51. The van der Waals surface area contributed by atoms with E-state index in [0.29, 0.717) is 5.56 Å². The predicted octanol–water partition coefficient (Wildman–Crippen LogP) is 4.44. The van der Waals surface area contributed by atoms with Crippen LogP contribution in [0.5, 0.6) is 5.75 Å². The molecule has 2 aromatic carbocycles. The van der Waals surface area contributed by atoms with Crippen molar-refractivity contribution in [3.63, 3.8) is 0 Å². The van der Waals surface area contributed by atoms with Crippen LogP contribution in [-0.2, 0) is 10.3 Å². The van der Waals surface area contributed by atoms with Crippen LogP contribution in [0.2, 0.25) is 0 Å². The number of nitrogens with zero attached hydrogens (tertiary/aromatic N) is 1. The second-order valence-electron chi connectivity index (χ2n) is 10.1. The summed E-state index contributed by atoms with van der Waals surface area (Å²) in [6.45, 7) is 7.15. The Labute approximate surface area is 213 Å². The molecule has 0 radical (unpaired) electrons. The number of hydrogen-bond acceptors (Lipinski definition) is 5. The lowest BCUT2D eigenvalue weighted by Gasteiger charge is -2.56. The molecular weight excluding hydrogens is 489 g/mol. The normalized spacial score (nSPS) is 16.6. The van der Waals surface area contributed by atoms with E-state index in [1.807, 2.05) is 0 Å². The second kappa shape index (κ2) is 9.98. The molecule has 1 heterocycles. The number of alkyl halides is 3. The lowest BCUT2D eigenvalue weighted by molar-refractivity contribution is -0.274. The topological polar surface area (TPSA) is 88.1 Å². The van der Waals surface area contributed by atoms with Gasteiger partial charge in [0.25, 0.3) is 5.91 Å². The number of nitrogens with one attached hydrogen (secondary N) is 1.